The van der Waals surface area contributed by atoms with E-state index in [1.54, 1.807) is 20.4 Å². The van der Waals surface area contributed by atoms with Crippen molar-refractivity contribution in [2.45, 2.75) is 39.7 Å². The maximum absolute atomic E-state index is 13.0. The van der Waals surface area contributed by atoms with E-state index in [0.717, 1.165) is 62.8 Å². The third kappa shape index (κ3) is 4.63. The zero-order valence-electron chi connectivity index (χ0n) is 17.9. The molecule has 0 bridgehead atoms. The summed E-state index contributed by atoms with van der Waals surface area (Å²) in [5, 5.41) is 0. The van der Waals surface area contributed by atoms with Gasteiger partial charge in [-0.15, -0.1) is 0 Å². The van der Waals surface area contributed by atoms with Gasteiger partial charge in [0.15, 0.2) is 11.5 Å². The minimum atomic E-state index is 0.0844. The minimum Gasteiger partial charge on any atom is -0.493 e. The number of benzene rings is 1. The average Bonchev–Trinajstić information content (AvgIpc) is 2.77. The molecule has 6 heteroatoms. The molecule has 0 saturated carbocycles. The smallest absolute Gasteiger partial charge is 0.254 e. The summed E-state index contributed by atoms with van der Waals surface area (Å²) in [7, 11) is 3.31. The Balaban J connectivity index is 1.82. The SMILES string of the molecule is CCCN(CCC)C(=O)c1ccnc(N2CCc3cc(OC)c(OC)cc3C2)c1. The Morgan fingerprint density at radius 3 is 2.34 bits per heavy atom. The zero-order chi connectivity index (χ0) is 20.8. The summed E-state index contributed by atoms with van der Waals surface area (Å²) in [4.78, 5) is 21.7. The number of carbonyl (C=O) groups excluding carboxylic acids is 1. The van der Waals surface area contributed by atoms with Gasteiger partial charge in [0, 0.05) is 37.9 Å². The van der Waals surface area contributed by atoms with Crippen LogP contribution in [-0.4, -0.2) is 49.6 Å². The first-order valence-corrected chi connectivity index (χ1v) is 10.3. The molecule has 1 aromatic carbocycles. The van der Waals surface area contributed by atoms with E-state index < -0.39 is 0 Å². The second-order valence-electron chi connectivity index (χ2n) is 7.34. The number of carbonyl (C=O) groups is 1. The van der Waals surface area contributed by atoms with Gasteiger partial charge in [0.25, 0.3) is 5.91 Å². The highest BCUT2D eigenvalue weighted by atomic mass is 16.5. The molecule has 6 nitrogen and oxygen atoms in total. The lowest BCUT2D eigenvalue weighted by molar-refractivity contribution is 0.0755. The zero-order valence-corrected chi connectivity index (χ0v) is 17.9. The summed E-state index contributed by atoms with van der Waals surface area (Å²) in [6, 6.07) is 7.84. The quantitative estimate of drug-likeness (QED) is 0.676. The lowest BCUT2D eigenvalue weighted by Crippen LogP contribution is -2.33. The van der Waals surface area contributed by atoms with Crippen LogP contribution < -0.4 is 14.4 Å². The first kappa shape index (κ1) is 21.0. The average molecular weight is 398 g/mol. The van der Waals surface area contributed by atoms with E-state index in [-0.39, 0.29) is 5.91 Å². The van der Waals surface area contributed by atoms with E-state index in [9.17, 15) is 4.79 Å². The first-order valence-electron chi connectivity index (χ1n) is 10.3. The number of nitrogens with zero attached hydrogens (tertiary/aromatic N) is 3. The number of methoxy groups -OCH3 is 2. The number of ether oxygens (including phenoxy) is 2. The van der Waals surface area contributed by atoms with Crippen LogP contribution in [0.4, 0.5) is 5.82 Å². The molecule has 29 heavy (non-hydrogen) atoms. The van der Waals surface area contributed by atoms with Gasteiger partial charge >= 0.3 is 0 Å². The van der Waals surface area contributed by atoms with Gasteiger partial charge in [-0.05, 0) is 54.7 Å². The van der Waals surface area contributed by atoms with Crippen LogP contribution in [-0.2, 0) is 13.0 Å². The molecule has 1 amide bonds. The number of pyridine rings is 1. The maximum atomic E-state index is 13.0. The second kappa shape index (κ2) is 9.63. The van der Waals surface area contributed by atoms with Crippen molar-refractivity contribution in [1.82, 2.24) is 9.88 Å². The van der Waals surface area contributed by atoms with Gasteiger partial charge in [-0.25, -0.2) is 4.98 Å². The highest BCUT2D eigenvalue weighted by Crippen LogP contribution is 2.34. The van der Waals surface area contributed by atoms with Gasteiger partial charge < -0.3 is 19.3 Å². The summed E-state index contributed by atoms with van der Waals surface area (Å²) < 4.78 is 10.9. The largest absolute Gasteiger partial charge is 0.493 e. The van der Waals surface area contributed by atoms with Crippen LogP contribution in [0.15, 0.2) is 30.5 Å². The number of aromatic nitrogens is 1. The van der Waals surface area contributed by atoms with E-state index in [4.69, 9.17) is 9.47 Å². The minimum absolute atomic E-state index is 0.0844. The number of rotatable bonds is 8. The Bertz CT molecular complexity index is 847. The van der Waals surface area contributed by atoms with Gasteiger partial charge in [-0.2, -0.15) is 0 Å². The van der Waals surface area contributed by atoms with Crippen molar-refractivity contribution in [3.63, 3.8) is 0 Å². The van der Waals surface area contributed by atoms with Crippen molar-refractivity contribution in [3.05, 3.63) is 47.2 Å². The summed E-state index contributed by atoms with van der Waals surface area (Å²) in [6.07, 6.45) is 4.55. The van der Waals surface area contributed by atoms with Crippen molar-refractivity contribution < 1.29 is 14.3 Å². The van der Waals surface area contributed by atoms with Crippen LogP contribution in [0.2, 0.25) is 0 Å². The van der Waals surface area contributed by atoms with Gasteiger partial charge in [0.05, 0.1) is 14.2 Å². The van der Waals surface area contributed by atoms with Crippen molar-refractivity contribution in [2.24, 2.45) is 0 Å². The normalized spacial score (nSPS) is 13.0. The molecule has 1 aliphatic rings. The summed E-state index contributed by atoms with van der Waals surface area (Å²) in [6.45, 7) is 7.34. The fraction of sp³-hybridized carbons (Fsp3) is 0.478. The Hall–Kier alpha value is -2.76. The van der Waals surface area contributed by atoms with E-state index in [1.807, 2.05) is 23.1 Å². The third-order valence-electron chi connectivity index (χ3n) is 5.31. The molecule has 1 aromatic heterocycles. The number of hydrogen-bond acceptors (Lipinski definition) is 5. The molecule has 0 aliphatic carbocycles. The molecule has 3 rings (SSSR count). The highest BCUT2D eigenvalue weighted by molar-refractivity contribution is 5.94. The molecular formula is C23H31N3O3. The molecule has 2 aromatic rings. The van der Waals surface area contributed by atoms with Crippen LogP contribution in [0.5, 0.6) is 11.5 Å². The Labute approximate surface area is 173 Å². The molecule has 2 heterocycles. The second-order valence-corrected chi connectivity index (χ2v) is 7.34. The van der Waals surface area contributed by atoms with Crippen LogP contribution in [0.25, 0.3) is 0 Å². The van der Waals surface area contributed by atoms with Crippen molar-refractivity contribution in [1.29, 1.82) is 0 Å². The highest BCUT2D eigenvalue weighted by Gasteiger charge is 2.22. The lowest BCUT2D eigenvalue weighted by atomic mass is 9.98. The predicted octanol–water partition coefficient (Wildman–Crippen LogP) is 3.92. The molecule has 0 fully saturated rings. The van der Waals surface area contributed by atoms with Crippen LogP contribution in [0.1, 0.15) is 48.2 Å². The Kier molecular flexibility index (Phi) is 6.96. The molecule has 0 saturated heterocycles. The van der Waals surface area contributed by atoms with Crippen molar-refractivity contribution in [2.75, 3.05) is 38.8 Å². The number of fused-ring (bicyclic) bond motifs is 1. The van der Waals surface area contributed by atoms with Gasteiger partial charge in [0.1, 0.15) is 5.82 Å². The topological polar surface area (TPSA) is 54.9 Å². The lowest BCUT2D eigenvalue weighted by Gasteiger charge is -2.31. The first-order chi connectivity index (χ1) is 14.1. The number of amides is 1. The van der Waals surface area contributed by atoms with Crippen LogP contribution >= 0.6 is 0 Å². The summed E-state index contributed by atoms with van der Waals surface area (Å²) in [5.41, 5.74) is 3.17. The molecule has 0 N–H and O–H groups in total. The van der Waals surface area contributed by atoms with Gasteiger partial charge in [0.2, 0.25) is 0 Å². The standard InChI is InChI=1S/C23H31N3O3/c1-5-10-25(11-6-2)23(27)18-7-9-24-22(15-18)26-12-8-17-13-20(28-3)21(29-4)14-19(17)16-26/h7,9,13-15H,5-6,8,10-12,16H2,1-4H3. The van der Waals surface area contributed by atoms with Crippen molar-refractivity contribution >= 4 is 11.7 Å². The summed E-state index contributed by atoms with van der Waals surface area (Å²) in [5.74, 6) is 2.42. The number of hydrogen-bond donors (Lipinski definition) is 0. The van der Waals surface area contributed by atoms with E-state index in [1.165, 1.54) is 11.1 Å². The van der Waals surface area contributed by atoms with Crippen LogP contribution in [0, 0.1) is 0 Å². The Morgan fingerprint density at radius 1 is 1.07 bits per heavy atom. The number of anilines is 1. The van der Waals surface area contributed by atoms with Crippen molar-refractivity contribution in [3.8, 4) is 11.5 Å². The maximum Gasteiger partial charge on any atom is 0.254 e. The summed E-state index contributed by atoms with van der Waals surface area (Å²) >= 11 is 0. The molecule has 156 valence electrons. The molecule has 0 spiro atoms. The molecule has 1 aliphatic heterocycles. The van der Waals surface area contributed by atoms with E-state index in [0.29, 0.717) is 5.56 Å². The van der Waals surface area contributed by atoms with E-state index >= 15 is 0 Å². The molecule has 0 radical (unpaired) electrons. The van der Waals surface area contributed by atoms with Crippen LogP contribution in [0.3, 0.4) is 0 Å². The van der Waals surface area contributed by atoms with Gasteiger partial charge in [-0.1, -0.05) is 13.8 Å². The Morgan fingerprint density at radius 2 is 1.72 bits per heavy atom. The monoisotopic (exact) mass is 397 g/mol. The van der Waals surface area contributed by atoms with Gasteiger partial charge in [-0.3, -0.25) is 4.79 Å². The third-order valence-corrected chi connectivity index (χ3v) is 5.31. The molecule has 0 unspecified atom stereocenters. The molecular weight excluding hydrogens is 366 g/mol. The predicted molar refractivity (Wildman–Crippen MR) is 115 cm³/mol. The van der Waals surface area contributed by atoms with E-state index in [2.05, 4.69) is 29.8 Å². The fourth-order valence-electron chi connectivity index (χ4n) is 3.84. The fourth-order valence-corrected chi connectivity index (χ4v) is 3.84. The molecule has 0 atom stereocenters.